The molecule has 0 bridgehead atoms. The van der Waals surface area contributed by atoms with Gasteiger partial charge in [0.25, 0.3) is 0 Å². The molecule has 1 fully saturated rings. The Labute approximate surface area is 118 Å². The van der Waals surface area contributed by atoms with Crippen molar-refractivity contribution < 1.29 is 28.9 Å². The van der Waals surface area contributed by atoms with Crippen molar-refractivity contribution in [3.05, 3.63) is 12.2 Å². The normalized spacial score (nSPS) is 21.9. The Balaban J connectivity index is 2.68. The molecule has 112 valence electrons. The van der Waals surface area contributed by atoms with Crippen LogP contribution in [0.2, 0.25) is 0 Å². The van der Waals surface area contributed by atoms with Crippen LogP contribution in [0.25, 0.3) is 0 Å². The molecule has 6 heteroatoms. The number of ether oxygens (including phenoxy) is 1. The summed E-state index contributed by atoms with van der Waals surface area (Å²) in [6, 6.07) is 0. The third-order valence-corrected chi connectivity index (χ3v) is 3.17. The first-order valence-electron chi connectivity index (χ1n) is 6.72. The number of esters is 2. The van der Waals surface area contributed by atoms with Gasteiger partial charge < -0.3 is 4.74 Å². The minimum Gasteiger partial charge on any atom is -0.389 e. The molecule has 0 N–H and O–H groups in total. The summed E-state index contributed by atoms with van der Waals surface area (Å²) in [5, 5.41) is 0. The van der Waals surface area contributed by atoms with E-state index in [2.05, 4.69) is 16.4 Å². The molecule has 1 aliphatic carbocycles. The minimum atomic E-state index is -0.766. The van der Waals surface area contributed by atoms with Crippen LogP contribution in [-0.4, -0.2) is 24.5 Å². The highest BCUT2D eigenvalue weighted by atomic mass is 17.2. The van der Waals surface area contributed by atoms with E-state index in [0.717, 1.165) is 12.8 Å². The zero-order valence-electron chi connectivity index (χ0n) is 11.8. The zero-order chi connectivity index (χ0) is 15.1. The highest BCUT2D eigenvalue weighted by Gasteiger charge is 2.39. The van der Waals surface area contributed by atoms with Gasteiger partial charge in [-0.1, -0.05) is 19.4 Å². The van der Waals surface area contributed by atoms with E-state index in [1.165, 1.54) is 6.92 Å². The van der Waals surface area contributed by atoms with Gasteiger partial charge in [-0.2, -0.15) is 4.89 Å². The van der Waals surface area contributed by atoms with E-state index in [9.17, 15) is 14.4 Å². The molecule has 0 aromatic carbocycles. The highest BCUT2D eigenvalue weighted by Crippen LogP contribution is 2.32. The molecule has 6 nitrogen and oxygen atoms in total. The summed E-state index contributed by atoms with van der Waals surface area (Å²) in [7, 11) is 0. The summed E-state index contributed by atoms with van der Waals surface area (Å²) in [5.41, 5.74) is 0.141. The van der Waals surface area contributed by atoms with Crippen LogP contribution in [0.4, 0.5) is 0 Å². The van der Waals surface area contributed by atoms with Crippen molar-refractivity contribution in [3.8, 4) is 0 Å². The number of carbonyl (C=O) groups is 3. The lowest BCUT2D eigenvalue weighted by atomic mass is 9.79. The summed E-state index contributed by atoms with van der Waals surface area (Å²) >= 11 is 0. The van der Waals surface area contributed by atoms with Gasteiger partial charge in [0, 0.05) is 5.57 Å². The maximum absolute atomic E-state index is 12.0. The first-order chi connectivity index (χ1) is 9.47. The first-order valence-corrected chi connectivity index (χ1v) is 6.72. The molecule has 0 radical (unpaired) electrons. The van der Waals surface area contributed by atoms with Crippen LogP contribution >= 0.6 is 0 Å². The third kappa shape index (κ3) is 4.45. The average molecular weight is 284 g/mol. The van der Waals surface area contributed by atoms with Gasteiger partial charge in [-0.25, -0.2) is 9.59 Å². The number of carbonyl (C=O) groups excluding carboxylic acids is 3. The molecule has 2 atom stereocenters. The van der Waals surface area contributed by atoms with Gasteiger partial charge >= 0.3 is 17.9 Å². The maximum Gasteiger partial charge on any atom is 0.346 e. The monoisotopic (exact) mass is 284 g/mol. The van der Waals surface area contributed by atoms with Gasteiger partial charge in [0.2, 0.25) is 0 Å². The number of hydrogen-bond acceptors (Lipinski definition) is 6. The maximum atomic E-state index is 12.0. The van der Waals surface area contributed by atoms with E-state index < -0.39 is 29.7 Å². The Bertz CT molecular complexity index is 400. The molecular formula is C14H20O6. The van der Waals surface area contributed by atoms with Gasteiger partial charge in [0.1, 0.15) is 0 Å². The van der Waals surface area contributed by atoms with Crippen molar-refractivity contribution in [2.75, 3.05) is 6.61 Å². The Hall–Kier alpha value is -1.69. The fourth-order valence-corrected chi connectivity index (χ4v) is 2.13. The smallest absolute Gasteiger partial charge is 0.346 e. The summed E-state index contributed by atoms with van der Waals surface area (Å²) < 4.78 is 4.71. The van der Waals surface area contributed by atoms with Crippen LogP contribution in [0.15, 0.2) is 12.2 Å². The second-order valence-electron chi connectivity index (χ2n) is 4.80. The molecule has 0 saturated heterocycles. The molecule has 1 aliphatic rings. The third-order valence-electron chi connectivity index (χ3n) is 3.17. The largest absolute Gasteiger partial charge is 0.389 e. The van der Waals surface area contributed by atoms with Crippen LogP contribution in [-0.2, 0) is 28.9 Å². The van der Waals surface area contributed by atoms with E-state index in [1.54, 1.807) is 6.92 Å². The van der Waals surface area contributed by atoms with Crippen LogP contribution in [0.3, 0.4) is 0 Å². The molecule has 1 saturated carbocycles. The predicted octanol–water partition coefficient (Wildman–Crippen LogP) is 1.93. The van der Waals surface area contributed by atoms with Crippen molar-refractivity contribution in [3.63, 3.8) is 0 Å². The summed E-state index contributed by atoms with van der Waals surface area (Å²) in [5.74, 6) is -3.34. The molecular weight excluding hydrogens is 264 g/mol. The van der Waals surface area contributed by atoms with E-state index >= 15 is 0 Å². The molecule has 1 rings (SSSR count). The van der Waals surface area contributed by atoms with Crippen LogP contribution in [0.5, 0.6) is 0 Å². The topological polar surface area (TPSA) is 78.9 Å². The molecule has 0 amide bonds. The summed E-state index contributed by atoms with van der Waals surface area (Å²) in [4.78, 5) is 44.4. The van der Waals surface area contributed by atoms with Gasteiger partial charge in [-0.15, -0.1) is 0 Å². The minimum absolute atomic E-state index is 0.141. The molecule has 0 heterocycles. The second-order valence-corrected chi connectivity index (χ2v) is 4.80. The van der Waals surface area contributed by atoms with Crippen molar-refractivity contribution in [1.29, 1.82) is 0 Å². The highest BCUT2D eigenvalue weighted by molar-refractivity contribution is 5.96. The van der Waals surface area contributed by atoms with Crippen molar-refractivity contribution in [2.24, 2.45) is 11.8 Å². The van der Waals surface area contributed by atoms with Crippen LogP contribution in [0.1, 0.15) is 39.5 Å². The molecule has 0 aliphatic heterocycles. The van der Waals surface area contributed by atoms with Gasteiger partial charge in [0.15, 0.2) is 0 Å². The fourth-order valence-electron chi connectivity index (χ4n) is 2.13. The number of hydrogen-bond donors (Lipinski definition) is 0. The SMILES string of the molecule is C=C(C)C(=O)OC(=O)C1CCCCC1C(=O)OOCC. The zero-order valence-corrected chi connectivity index (χ0v) is 11.8. The lowest BCUT2D eigenvalue weighted by molar-refractivity contribution is -0.275. The van der Waals surface area contributed by atoms with Gasteiger partial charge in [-0.05, 0) is 26.7 Å². The summed E-state index contributed by atoms with van der Waals surface area (Å²) in [6.07, 6.45) is 2.64. The van der Waals surface area contributed by atoms with E-state index in [-0.39, 0.29) is 12.2 Å². The van der Waals surface area contributed by atoms with E-state index in [1.807, 2.05) is 0 Å². The molecule has 20 heavy (non-hydrogen) atoms. The standard InChI is InChI=1S/C14H20O6/c1-4-18-20-14(17)11-8-6-5-7-10(11)13(16)19-12(15)9(2)3/h10-11H,2,4-8H2,1,3H3. The predicted molar refractivity (Wildman–Crippen MR) is 69.1 cm³/mol. The van der Waals surface area contributed by atoms with Crippen LogP contribution < -0.4 is 0 Å². The van der Waals surface area contributed by atoms with E-state index in [4.69, 9.17) is 4.74 Å². The Morgan fingerprint density at radius 2 is 1.65 bits per heavy atom. The fraction of sp³-hybridized carbons (Fsp3) is 0.643. The quantitative estimate of drug-likeness (QED) is 0.252. The Morgan fingerprint density at radius 1 is 1.10 bits per heavy atom. The van der Waals surface area contributed by atoms with E-state index in [0.29, 0.717) is 12.8 Å². The molecule has 0 aromatic heterocycles. The Morgan fingerprint density at radius 3 is 2.15 bits per heavy atom. The molecule has 0 aromatic rings. The summed E-state index contributed by atoms with van der Waals surface area (Å²) in [6.45, 7) is 6.79. The molecule has 0 spiro atoms. The van der Waals surface area contributed by atoms with Crippen molar-refractivity contribution in [1.82, 2.24) is 0 Å². The first kappa shape index (κ1) is 16.4. The van der Waals surface area contributed by atoms with Crippen LogP contribution in [0, 0.1) is 11.8 Å². The van der Waals surface area contributed by atoms with Gasteiger partial charge in [-0.3, -0.25) is 9.68 Å². The van der Waals surface area contributed by atoms with Crippen molar-refractivity contribution >= 4 is 17.9 Å². The molecule has 2 unspecified atom stereocenters. The number of rotatable bonds is 5. The van der Waals surface area contributed by atoms with Gasteiger partial charge in [0.05, 0.1) is 18.4 Å². The lowest BCUT2D eigenvalue weighted by Crippen LogP contribution is -2.36. The lowest BCUT2D eigenvalue weighted by Gasteiger charge is -2.27. The Kier molecular flexibility index (Phi) is 6.38. The average Bonchev–Trinajstić information content (AvgIpc) is 2.44. The second kappa shape index (κ2) is 7.79. The van der Waals surface area contributed by atoms with Crippen molar-refractivity contribution in [2.45, 2.75) is 39.5 Å².